The second-order valence-electron chi connectivity index (χ2n) is 4.46. The van der Waals surface area contributed by atoms with Crippen molar-refractivity contribution in [2.24, 2.45) is 0 Å². The minimum Gasteiger partial charge on any atom is -0.343 e. The standard InChI is InChI=1S/C15H12ClN3O2S/c1-9-2-4-12(22-9)8-18-14(20)15(21)19-11-3-5-13(16)10(6-11)7-17/h2-6H,8H2,1H3,(H,18,20)(H,19,21). The van der Waals surface area contributed by atoms with E-state index in [0.717, 1.165) is 9.75 Å². The van der Waals surface area contributed by atoms with E-state index in [-0.39, 0.29) is 10.6 Å². The SMILES string of the molecule is Cc1ccc(CNC(=O)C(=O)Nc2ccc(Cl)c(C#N)c2)s1. The largest absolute Gasteiger partial charge is 0.343 e. The molecule has 2 amide bonds. The van der Waals surface area contributed by atoms with Crippen LogP contribution < -0.4 is 10.6 Å². The molecule has 0 fully saturated rings. The van der Waals surface area contributed by atoms with Crippen LogP contribution in [0.3, 0.4) is 0 Å². The summed E-state index contributed by atoms with van der Waals surface area (Å²) in [5.41, 5.74) is 0.571. The molecule has 0 aliphatic heterocycles. The Hall–Kier alpha value is -2.36. The van der Waals surface area contributed by atoms with E-state index >= 15 is 0 Å². The minimum atomic E-state index is -0.792. The number of aryl methyl sites for hydroxylation is 1. The van der Waals surface area contributed by atoms with E-state index in [1.54, 1.807) is 11.3 Å². The maximum atomic E-state index is 11.8. The molecule has 0 unspecified atom stereocenters. The fourth-order valence-electron chi connectivity index (χ4n) is 1.70. The average Bonchev–Trinajstić information content (AvgIpc) is 2.92. The van der Waals surface area contributed by atoms with Crippen molar-refractivity contribution in [2.75, 3.05) is 5.32 Å². The van der Waals surface area contributed by atoms with Gasteiger partial charge >= 0.3 is 11.8 Å². The van der Waals surface area contributed by atoms with Crippen LogP contribution in [0.5, 0.6) is 0 Å². The maximum absolute atomic E-state index is 11.8. The van der Waals surface area contributed by atoms with Crippen molar-refractivity contribution >= 4 is 40.4 Å². The number of hydrogen-bond acceptors (Lipinski definition) is 4. The molecule has 2 aromatic rings. The summed E-state index contributed by atoms with van der Waals surface area (Å²) < 4.78 is 0. The first kappa shape index (κ1) is 16.0. The third-order valence-corrected chi connectivity index (χ3v) is 4.10. The molecule has 0 aliphatic carbocycles. The number of nitrogens with zero attached hydrogens (tertiary/aromatic N) is 1. The number of rotatable bonds is 3. The summed E-state index contributed by atoms with van der Waals surface area (Å²) in [7, 11) is 0. The van der Waals surface area contributed by atoms with Gasteiger partial charge in [-0.1, -0.05) is 11.6 Å². The Kier molecular flexibility index (Phi) is 5.15. The van der Waals surface area contributed by atoms with Gasteiger partial charge in [0.25, 0.3) is 0 Å². The van der Waals surface area contributed by atoms with Gasteiger partial charge in [0.2, 0.25) is 0 Å². The van der Waals surface area contributed by atoms with Crippen LogP contribution in [-0.4, -0.2) is 11.8 Å². The fraction of sp³-hybridized carbons (Fsp3) is 0.133. The number of nitriles is 1. The number of thiophene rings is 1. The molecular weight excluding hydrogens is 322 g/mol. The maximum Gasteiger partial charge on any atom is 0.313 e. The summed E-state index contributed by atoms with van der Waals surface area (Å²) in [4.78, 5) is 25.6. The van der Waals surface area contributed by atoms with Crippen molar-refractivity contribution in [3.05, 3.63) is 50.7 Å². The van der Waals surface area contributed by atoms with Crippen LogP contribution in [0.15, 0.2) is 30.3 Å². The Bertz CT molecular complexity index is 764. The summed E-state index contributed by atoms with van der Waals surface area (Å²) in [6.07, 6.45) is 0. The lowest BCUT2D eigenvalue weighted by Crippen LogP contribution is -2.34. The molecule has 0 radical (unpaired) electrons. The van der Waals surface area contributed by atoms with Crippen LogP contribution in [0.1, 0.15) is 15.3 Å². The zero-order valence-corrected chi connectivity index (χ0v) is 13.2. The quantitative estimate of drug-likeness (QED) is 0.847. The van der Waals surface area contributed by atoms with E-state index in [1.165, 1.54) is 18.2 Å². The zero-order valence-electron chi connectivity index (χ0n) is 11.6. The zero-order chi connectivity index (χ0) is 16.1. The van der Waals surface area contributed by atoms with E-state index in [0.29, 0.717) is 12.2 Å². The van der Waals surface area contributed by atoms with Gasteiger partial charge < -0.3 is 10.6 Å². The molecule has 22 heavy (non-hydrogen) atoms. The minimum absolute atomic E-state index is 0.230. The third-order valence-electron chi connectivity index (χ3n) is 2.77. The monoisotopic (exact) mass is 333 g/mol. The van der Waals surface area contributed by atoms with Crippen LogP contribution in [0.25, 0.3) is 0 Å². The molecule has 112 valence electrons. The van der Waals surface area contributed by atoms with Gasteiger partial charge in [0.05, 0.1) is 17.1 Å². The third kappa shape index (κ3) is 4.07. The highest BCUT2D eigenvalue weighted by Crippen LogP contribution is 2.19. The molecule has 1 aromatic carbocycles. The first-order valence-corrected chi connectivity index (χ1v) is 7.53. The molecule has 0 saturated carbocycles. The predicted octanol–water partition coefficient (Wildman–Crippen LogP) is 2.84. The smallest absolute Gasteiger partial charge is 0.313 e. The van der Waals surface area contributed by atoms with Crippen molar-refractivity contribution in [1.82, 2.24) is 5.32 Å². The molecule has 0 bridgehead atoms. The van der Waals surface area contributed by atoms with Gasteiger partial charge in [0.1, 0.15) is 6.07 Å². The van der Waals surface area contributed by atoms with Gasteiger partial charge in [-0.2, -0.15) is 5.26 Å². The average molecular weight is 334 g/mol. The lowest BCUT2D eigenvalue weighted by atomic mass is 10.2. The molecule has 0 saturated heterocycles. The summed E-state index contributed by atoms with van der Waals surface area (Å²) >= 11 is 7.36. The Labute approximate surface area is 136 Å². The van der Waals surface area contributed by atoms with Crippen molar-refractivity contribution in [1.29, 1.82) is 5.26 Å². The van der Waals surface area contributed by atoms with Crippen LogP contribution in [0.2, 0.25) is 5.02 Å². The van der Waals surface area contributed by atoms with E-state index in [2.05, 4.69) is 10.6 Å². The molecule has 2 N–H and O–H groups in total. The van der Waals surface area contributed by atoms with Crippen molar-refractivity contribution < 1.29 is 9.59 Å². The van der Waals surface area contributed by atoms with Gasteiger partial charge in [-0.3, -0.25) is 9.59 Å². The van der Waals surface area contributed by atoms with Crippen molar-refractivity contribution in [2.45, 2.75) is 13.5 Å². The summed E-state index contributed by atoms with van der Waals surface area (Å²) in [6, 6.07) is 10.2. The van der Waals surface area contributed by atoms with Crippen LogP contribution in [0.4, 0.5) is 5.69 Å². The van der Waals surface area contributed by atoms with Gasteiger partial charge in [-0.15, -0.1) is 11.3 Å². The highest BCUT2D eigenvalue weighted by Gasteiger charge is 2.14. The van der Waals surface area contributed by atoms with E-state index in [1.807, 2.05) is 25.1 Å². The molecule has 1 aromatic heterocycles. The second-order valence-corrected chi connectivity index (χ2v) is 6.24. The van der Waals surface area contributed by atoms with E-state index in [9.17, 15) is 9.59 Å². The number of benzene rings is 1. The second kappa shape index (κ2) is 7.07. The van der Waals surface area contributed by atoms with E-state index < -0.39 is 11.8 Å². The predicted molar refractivity (Wildman–Crippen MR) is 85.7 cm³/mol. The molecule has 0 aliphatic rings. The Balaban J connectivity index is 1.94. The van der Waals surface area contributed by atoms with Gasteiger partial charge in [-0.25, -0.2) is 0 Å². The molecule has 0 atom stereocenters. The number of hydrogen-bond donors (Lipinski definition) is 2. The van der Waals surface area contributed by atoms with Crippen LogP contribution >= 0.6 is 22.9 Å². The number of halogens is 1. The fourth-order valence-corrected chi connectivity index (χ4v) is 2.69. The summed E-state index contributed by atoms with van der Waals surface area (Å²) in [6.45, 7) is 2.27. The van der Waals surface area contributed by atoms with Gasteiger partial charge in [0.15, 0.2) is 0 Å². The highest BCUT2D eigenvalue weighted by atomic mass is 35.5. The lowest BCUT2D eigenvalue weighted by Gasteiger charge is -2.06. The van der Waals surface area contributed by atoms with Crippen molar-refractivity contribution in [3.8, 4) is 6.07 Å². The first-order chi connectivity index (χ1) is 10.5. The topological polar surface area (TPSA) is 82.0 Å². The number of nitrogens with one attached hydrogen (secondary N) is 2. The number of carbonyl (C=O) groups excluding carboxylic acids is 2. The summed E-state index contributed by atoms with van der Waals surface area (Å²) in [5.74, 6) is -1.53. The molecule has 7 heteroatoms. The first-order valence-electron chi connectivity index (χ1n) is 6.33. The number of amides is 2. The molecule has 0 spiro atoms. The normalized spacial score (nSPS) is 9.86. The van der Waals surface area contributed by atoms with Crippen molar-refractivity contribution in [3.63, 3.8) is 0 Å². The van der Waals surface area contributed by atoms with Gasteiger partial charge in [-0.05, 0) is 37.3 Å². The molecule has 1 heterocycles. The van der Waals surface area contributed by atoms with Crippen LogP contribution in [0, 0.1) is 18.3 Å². The van der Waals surface area contributed by atoms with E-state index in [4.69, 9.17) is 16.9 Å². The summed E-state index contributed by atoms with van der Waals surface area (Å²) in [5, 5.41) is 14.1. The molecule has 2 rings (SSSR count). The Morgan fingerprint density at radius 2 is 2.05 bits per heavy atom. The molecular formula is C15H12ClN3O2S. The highest BCUT2D eigenvalue weighted by molar-refractivity contribution is 7.11. The lowest BCUT2D eigenvalue weighted by molar-refractivity contribution is -0.136. The Morgan fingerprint density at radius 1 is 1.27 bits per heavy atom. The van der Waals surface area contributed by atoms with Crippen LogP contribution in [-0.2, 0) is 16.1 Å². The molecule has 5 nitrogen and oxygen atoms in total. The number of anilines is 1. The Morgan fingerprint density at radius 3 is 2.68 bits per heavy atom. The number of carbonyl (C=O) groups is 2. The van der Waals surface area contributed by atoms with Gasteiger partial charge in [0, 0.05) is 15.4 Å².